The summed E-state index contributed by atoms with van der Waals surface area (Å²) in [6.45, 7) is 57.1. The molecule has 0 radical (unpaired) electrons. The van der Waals surface area contributed by atoms with Crippen LogP contribution in [0.15, 0.2) is 0 Å². The van der Waals surface area contributed by atoms with E-state index in [4.69, 9.17) is 0 Å². The maximum absolute atomic E-state index is 2.84. The second kappa shape index (κ2) is 10.1. The van der Waals surface area contributed by atoms with E-state index in [0.29, 0.717) is 23.7 Å². The van der Waals surface area contributed by atoms with Crippen LogP contribution in [0.2, 0.25) is 0 Å². The third kappa shape index (κ3) is 4.24. The molecule has 228 valence electrons. The molecule has 0 aromatic heterocycles. The second-order valence-corrected chi connectivity index (χ2v) is 19.1. The molecule has 0 spiro atoms. The molecule has 1 fully saturated rings. The third-order valence-corrected chi connectivity index (χ3v) is 16.3. The van der Waals surface area contributed by atoms with Crippen molar-refractivity contribution in [2.24, 2.45) is 72.4 Å². The molecule has 1 aliphatic rings. The Morgan fingerprint density at radius 1 is 0.658 bits per heavy atom. The standard InChI is InChI=1S/C38H76/c1-23-29(32(14,15)33(16,17)30(8,9)10)36(21)37(22,34(18,19)31(11,12)13)35(20,27(5)6)25-38(36,24-2)28(7)26(3)4/h26-29H,23-25H2,1-22H3. The highest BCUT2D eigenvalue weighted by molar-refractivity contribution is 5.27. The molecule has 1 rings (SSSR count). The molecule has 0 saturated heterocycles. The Labute approximate surface area is 243 Å². The lowest BCUT2D eigenvalue weighted by molar-refractivity contribution is -0.239. The van der Waals surface area contributed by atoms with Gasteiger partial charge in [-0.3, -0.25) is 0 Å². The monoisotopic (exact) mass is 533 g/mol. The molecule has 0 N–H and O–H groups in total. The summed E-state index contributed by atoms with van der Waals surface area (Å²) in [6.07, 6.45) is 3.84. The summed E-state index contributed by atoms with van der Waals surface area (Å²) in [5.74, 6) is 2.55. The molecular weight excluding hydrogens is 456 g/mol. The fourth-order valence-electron chi connectivity index (χ4n) is 10.8. The van der Waals surface area contributed by atoms with Gasteiger partial charge in [-0.25, -0.2) is 0 Å². The van der Waals surface area contributed by atoms with E-state index < -0.39 is 0 Å². The summed E-state index contributed by atoms with van der Waals surface area (Å²) in [5, 5.41) is 0. The molecule has 0 aliphatic heterocycles. The average Bonchev–Trinajstić information content (AvgIpc) is 2.90. The van der Waals surface area contributed by atoms with Crippen LogP contribution in [-0.4, -0.2) is 0 Å². The molecule has 1 aliphatic carbocycles. The molecule has 38 heavy (non-hydrogen) atoms. The Morgan fingerprint density at radius 2 is 1.08 bits per heavy atom. The first-order valence-corrected chi connectivity index (χ1v) is 16.5. The van der Waals surface area contributed by atoms with Crippen LogP contribution in [0.4, 0.5) is 0 Å². The predicted molar refractivity (Wildman–Crippen MR) is 175 cm³/mol. The van der Waals surface area contributed by atoms with Crippen LogP contribution < -0.4 is 0 Å². The fourth-order valence-corrected chi connectivity index (χ4v) is 10.8. The van der Waals surface area contributed by atoms with Crippen LogP contribution >= 0.6 is 0 Å². The first-order valence-electron chi connectivity index (χ1n) is 16.5. The van der Waals surface area contributed by atoms with Crippen molar-refractivity contribution in [3.05, 3.63) is 0 Å². The normalized spacial score (nSPS) is 33.8. The summed E-state index contributed by atoms with van der Waals surface area (Å²) in [5.41, 5.74) is 1.64. The smallest absolute Gasteiger partial charge is 0.0151 e. The lowest BCUT2D eigenvalue weighted by Gasteiger charge is -2.71. The number of hydrogen-bond acceptors (Lipinski definition) is 0. The van der Waals surface area contributed by atoms with Crippen LogP contribution in [0.3, 0.4) is 0 Å². The Morgan fingerprint density at radius 3 is 1.34 bits per heavy atom. The number of rotatable bonds is 9. The van der Waals surface area contributed by atoms with Gasteiger partial charge in [-0.15, -0.1) is 0 Å². The maximum Gasteiger partial charge on any atom is -0.0151 e. The third-order valence-electron chi connectivity index (χ3n) is 16.3. The molecule has 0 heteroatoms. The van der Waals surface area contributed by atoms with Crippen LogP contribution in [-0.2, 0) is 0 Å². The van der Waals surface area contributed by atoms with Gasteiger partial charge in [0.25, 0.3) is 0 Å². The van der Waals surface area contributed by atoms with Crippen LogP contribution in [0.5, 0.6) is 0 Å². The highest BCUT2D eigenvalue weighted by Gasteiger charge is 2.79. The predicted octanol–water partition coefficient (Wildman–Crippen LogP) is 13.0. The van der Waals surface area contributed by atoms with Crippen molar-refractivity contribution >= 4 is 0 Å². The van der Waals surface area contributed by atoms with Crippen LogP contribution in [0.25, 0.3) is 0 Å². The van der Waals surface area contributed by atoms with Crippen LogP contribution in [0, 0.1) is 72.4 Å². The van der Waals surface area contributed by atoms with Crippen molar-refractivity contribution in [3.63, 3.8) is 0 Å². The van der Waals surface area contributed by atoms with Gasteiger partial charge < -0.3 is 0 Å². The molecular formula is C38H76. The maximum atomic E-state index is 2.84. The molecule has 0 aromatic carbocycles. The zero-order chi connectivity index (χ0) is 30.9. The quantitative estimate of drug-likeness (QED) is 0.277. The summed E-state index contributed by atoms with van der Waals surface area (Å²) in [7, 11) is 0. The molecule has 0 nitrogen and oxygen atoms in total. The van der Waals surface area contributed by atoms with Crippen molar-refractivity contribution in [2.45, 2.75) is 172 Å². The molecule has 1 saturated carbocycles. The highest BCUT2D eigenvalue weighted by Crippen LogP contribution is 2.85. The first kappa shape index (κ1) is 36.0. The van der Waals surface area contributed by atoms with Gasteiger partial charge in [0, 0.05) is 0 Å². The van der Waals surface area contributed by atoms with E-state index in [2.05, 4.69) is 152 Å². The van der Waals surface area contributed by atoms with E-state index in [9.17, 15) is 0 Å². The van der Waals surface area contributed by atoms with Crippen molar-refractivity contribution in [1.82, 2.24) is 0 Å². The van der Waals surface area contributed by atoms with Gasteiger partial charge in [0.2, 0.25) is 0 Å². The molecule has 0 bridgehead atoms. The topological polar surface area (TPSA) is 0 Å². The summed E-state index contributed by atoms with van der Waals surface area (Å²) in [6, 6.07) is 0. The Kier molecular flexibility index (Phi) is 9.55. The average molecular weight is 533 g/mol. The van der Waals surface area contributed by atoms with Gasteiger partial charge in [0.1, 0.15) is 0 Å². The SMILES string of the molecule is CCC(C(C)(C)C(C)(C)C(C)(C)C)C1(C)C(CC)(C(C)C(C)C)CC(C)(C(C)C)C1(C)C(C)(C)C(C)(C)C. The Bertz CT molecular complexity index is 808. The molecule has 6 unspecified atom stereocenters. The summed E-state index contributed by atoms with van der Waals surface area (Å²) >= 11 is 0. The van der Waals surface area contributed by atoms with E-state index in [1.807, 2.05) is 0 Å². The van der Waals surface area contributed by atoms with Crippen molar-refractivity contribution in [3.8, 4) is 0 Å². The van der Waals surface area contributed by atoms with Gasteiger partial charge in [-0.05, 0) is 85.2 Å². The molecule has 0 amide bonds. The molecule has 6 atom stereocenters. The highest BCUT2D eigenvalue weighted by atomic mass is 14.8. The Balaban J connectivity index is 4.57. The first-order chi connectivity index (χ1) is 16.5. The van der Waals surface area contributed by atoms with E-state index >= 15 is 0 Å². The van der Waals surface area contributed by atoms with Crippen molar-refractivity contribution < 1.29 is 0 Å². The second-order valence-electron chi connectivity index (χ2n) is 19.1. The van der Waals surface area contributed by atoms with Gasteiger partial charge in [0.05, 0.1) is 0 Å². The zero-order valence-corrected chi connectivity index (χ0v) is 30.9. The van der Waals surface area contributed by atoms with E-state index in [1.165, 1.54) is 19.3 Å². The molecule has 0 aromatic rings. The minimum Gasteiger partial charge on any atom is -0.0651 e. The lowest BCUT2D eigenvalue weighted by Crippen LogP contribution is -2.66. The van der Waals surface area contributed by atoms with Crippen LogP contribution in [0.1, 0.15) is 172 Å². The van der Waals surface area contributed by atoms with E-state index in [0.717, 1.165) is 0 Å². The van der Waals surface area contributed by atoms with Gasteiger partial charge in [0.15, 0.2) is 0 Å². The summed E-state index contributed by atoms with van der Waals surface area (Å²) in [4.78, 5) is 0. The van der Waals surface area contributed by atoms with Gasteiger partial charge in [-0.2, -0.15) is 0 Å². The van der Waals surface area contributed by atoms with E-state index in [1.54, 1.807) is 0 Å². The fraction of sp³-hybridized carbons (Fsp3) is 1.00. The van der Waals surface area contributed by atoms with Gasteiger partial charge >= 0.3 is 0 Å². The summed E-state index contributed by atoms with van der Waals surface area (Å²) < 4.78 is 0. The molecule has 0 heterocycles. The lowest BCUT2D eigenvalue weighted by atomic mass is 9.33. The number of hydrogen-bond donors (Lipinski definition) is 0. The van der Waals surface area contributed by atoms with Crippen molar-refractivity contribution in [2.75, 3.05) is 0 Å². The zero-order valence-electron chi connectivity index (χ0n) is 30.9. The van der Waals surface area contributed by atoms with Gasteiger partial charge in [-0.1, -0.05) is 159 Å². The largest absolute Gasteiger partial charge is 0.0651 e. The minimum atomic E-state index is 0.129. The Hall–Kier alpha value is 0. The van der Waals surface area contributed by atoms with E-state index in [-0.39, 0.29) is 48.7 Å². The minimum absolute atomic E-state index is 0.129. The van der Waals surface area contributed by atoms with Crippen molar-refractivity contribution in [1.29, 1.82) is 0 Å².